The molecule has 1 atom stereocenters. The Hall–Kier alpha value is -2.64. The van der Waals surface area contributed by atoms with Gasteiger partial charge in [-0.3, -0.25) is 4.79 Å². The number of alkyl halides is 3. The predicted molar refractivity (Wildman–Crippen MR) is 106 cm³/mol. The Labute approximate surface area is 176 Å². The molecule has 2 aromatic rings. The Morgan fingerprint density at radius 1 is 1.23 bits per heavy atom. The summed E-state index contributed by atoms with van der Waals surface area (Å²) in [4.78, 5) is 19.9. The van der Waals surface area contributed by atoms with E-state index in [1.54, 1.807) is 12.1 Å². The molecule has 1 aliphatic heterocycles. The predicted octanol–water partition coefficient (Wildman–Crippen LogP) is 3.20. The van der Waals surface area contributed by atoms with E-state index >= 15 is 0 Å². The van der Waals surface area contributed by atoms with E-state index in [1.807, 2.05) is 23.1 Å². The second-order valence-corrected chi connectivity index (χ2v) is 8.07. The zero-order valence-corrected chi connectivity index (χ0v) is 17.1. The van der Waals surface area contributed by atoms with Crippen molar-refractivity contribution < 1.29 is 23.1 Å². The standard InChI is InChI=1S/C20H21F3N4O2S/c1-14-13-30-18(25-14)19(29,20(21,22)23)11-17(28)27-8-2-7-26(9-10-27)16-5-3-15(12-24)4-6-16/h3-6,13,29H,2,7-11H2,1H3. The number of aromatic nitrogens is 1. The van der Waals surface area contributed by atoms with Crippen LogP contribution in [0.1, 0.15) is 29.1 Å². The summed E-state index contributed by atoms with van der Waals surface area (Å²) < 4.78 is 41.0. The maximum Gasteiger partial charge on any atom is 0.424 e. The number of benzene rings is 1. The van der Waals surface area contributed by atoms with Gasteiger partial charge in [0.2, 0.25) is 11.5 Å². The van der Waals surface area contributed by atoms with Gasteiger partial charge in [0.1, 0.15) is 5.01 Å². The number of nitriles is 1. The zero-order chi connectivity index (χ0) is 21.9. The van der Waals surface area contributed by atoms with Crippen molar-refractivity contribution in [2.75, 3.05) is 31.1 Å². The summed E-state index contributed by atoms with van der Waals surface area (Å²) in [5.41, 5.74) is -1.53. The van der Waals surface area contributed by atoms with E-state index in [4.69, 9.17) is 5.26 Å². The Morgan fingerprint density at radius 3 is 2.50 bits per heavy atom. The van der Waals surface area contributed by atoms with E-state index in [0.29, 0.717) is 48.6 Å². The molecule has 1 N–H and O–H groups in total. The van der Waals surface area contributed by atoms with E-state index in [1.165, 1.54) is 17.2 Å². The fourth-order valence-corrected chi connectivity index (χ4v) is 4.26. The third-order valence-corrected chi connectivity index (χ3v) is 6.17. The number of anilines is 1. The molecule has 1 aliphatic rings. The number of amides is 1. The number of halogens is 3. The van der Waals surface area contributed by atoms with E-state index in [2.05, 4.69) is 4.98 Å². The monoisotopic (exact) mass is 438 g/mol. The number of nitrogens with zero attached hydrogens (tertiary/aromatic N) is 4. The minimum atomic E-state index is -5.02. The summed E-state index contributed by atoms with van der Waals surface area (Å²) in [5, 5.41) is 20.2. The first kappa shape index (κ1) is 22.1. The molecule has 3 rings (SSSR count). The highest BCUT2D eigenvalue weighted by Gasteiger charge is 2.58. The van der Waals surface area contributed by atoms with E-state index < -0.39 is 29.1 Å². The van der Waals surface area contributed by atoms with E-state index in [0.717, 1.165) is 5.69 Å². The first-order chi connectivity index (χ1) is 14.1. The van der Waals surface area contributed by atoms with Crippen molar-refractivity contribution in [2.45, 2.75) is 31.5 Å². The first-order valence-corrected chi connectivity index (χ1v) is 10.3. The van der Waals surface area contributed by atoms with Crippen LogP contribution in [0.2, 0.25) is 0 Å². The average molecular weight is 438 g/mol. The van der Waals surface area contributed by atoms with Crippen LogP contribution in [0, 0.1) is 18.3 Å². The summed E-state index contributed by atoms with van der Waals surface area (Å²) in [6, 6.07) is 9.06. The van der Waals surface area contributed by atoms with Crippen LogP contribution < -0.4 is 4.90 Å². The molecule has 2 heterocycles. The van der Waals surface area contributed by atoms with Crippen LogP contribution >= 0.6 is 11.3 Å². The number of thiazole rings is 1. The van der Waals surface area contributed by atoms with Gasteiger partial charge in [-0.15, -0.1) is 11.3 Å². The van der Waals surface area contributed by atoms with Crippen molar-refractivity contribution in [3.05, 3.63) is 45.9 Å². The minimum absolute atomic E-state index is 0.240. The Kier molecular flexibility index (Phi) is 6.33. The molecule has 1 aromatic heterocycles. The average Bonchev–Trinajstić information content (AvgIpc) is 2.99. The number of aryl methyl sites for hydroxylation is 1. The lowest BCUT2D eigenvalue weighted by molar-refractivity contribution is -0.268. The molecule has 1 unspecified atom stereocenters. The lowest BCUT2D eigenvalue weighted by Gasteiger charge is -2.30. The molecule has 1 amide bonds. The number of carbonyl (C=O) groups excluding carboxylic acids is 1. The van der Waals surface area contributed by atoms with Crippen molar-refractivity contribution in [3.8, 4) is 6.07 Å². The van der Waals surface area contributed by atoms with Gasteiger partial charge in [0.15, 0.2) is 0 Å². The third-order valence-electron chi connectivity index (χ3n) is 5.06. The molecular formula is C20H21F3N4O2S. The summed E-state index contributed by atoms with van der Waals surface area (Å²) >= 11 is 0.694. The molecule has 0 radical (unpaired) electrons. The molecule has 6 nitrogen and oxygen atoms in total. The van der Waals surface area contributed by atoms with E-state index in [-0.39, 0.29) is 6.54 Å². The molecular weight excluding hydrogens is 417 g/mol. The molecule has 0 aliphatic carbocycles. The molecule has 1 fully saturated rings. The molecule has 0 spiro atoms. The van der Waals surface area contributed by atoms with Crippen LogP contribution in [0.15, 0.2) is 29.6 Å². The van der Waals surface area contributed by atoms with Crippen LogP contribution in [0.25, 0.3) is 0 Å². The molecule has 1 saturated heterocycles. The smallest absolute Gasteiger partial charge is 0.374 e. The number of rotatable bonds is 4. The van der Waals surface area contributed by atoms with Crippen molar-refractivity contribution in [2.24, 2.45) is 0 Å². The SMILES string of the molecule is Cc1csc(C(O)(CC(=O)N2CCCN(c3ccc(C#N)cc3)CC2)C(F)(F)F)n1. The largest absolute Gasteiger partial charge is 0.424 e. The highest BCUT2D eigenvalue weighted by molar-refractivity contribution is 7.09. The Bertz CT molecular complexity index is 939. The van der Waals surface area contributed by atoms with Gasteiger partial charge in [-0.1, -0.05) is 0 Å². The topological polar surface area (TPSA) is 80.5 Å². The van der Waals surface area contributed by atoms with Crippen LogP contribution in [-0.2, 0) is 10.4 Å². The van der Waals surface area contributed by atoms with Crippen molar-refractivity contribution >= 4 is 22.9 Å². The molecule has 10 heteroatoms. The normalized spacial score (nSPS) is 17.2. The fraction of sp³-hybridized carbons (Fsp3) is 0.450. The van der Waals surface area contributed by atoms with Crippen molar-refractivity contribution in [3.63, 3.8) is 0 Å². The Morgan fingerprint density at radius 2 is 1.93 bits per heavy atom. The number of hydrogen-bond acceptors (Lipinski definition) is 6. The van der Waals surface area contributed by atoms with Gasteiger partial charge in [-0.2, -0.15) is 18.4 Å². The van der Waals surface area contributed by atoms with Gasteiger partial charge in [0.05, 0.1) is 18.1 Å². The van der Waals surface area contributed by atoms with Gasteiger partial charge in [0, 0.05) is 42.9 Å². The number of hydrogen-bond donors (Lipinski definition) is 1. The summed E-state index contributed by atoms with van der Waals surface area (Å²) in [5.74, 6) is -0.760. The van der Waals surface area contributed by atoms with Crippen molar-refractivity contribution in [1.82, 2.24) is 9.88 Å². The van der Waals surface area contributed by atoms with Gasteiger partial charge in [0.25, 0.3) is 0 Å². The lowest BCUT2D eigenvalue weighted by Crippen LogP contribution is -2.47. The van der Waals surface area contributed by atoms with Crippen LogP contribution in [0.4, 0.5) is 18.9 Å². The van der Waals surface area contributed by atoms with Gasteiger partial charge >= 0.3 is 6.18 Å². The summed E-state index contributed by atoms with van der Waals surface area (Å²) in [6.07, 6.45) is -5.54. The highest BCUT2D eigenvalue weighted by atomic mass is 32.1. The summed E-state index contributed by atoms with van der Waals surface area (Å²) in [7, 11) is 0. The zero-order valence-electron chi connectivity index (χ0n) is 16.3. The second-order valence-electron chi connectivity index (χ2n) is 7.21. The van der Waals surface area contributed by atoms with Gasteiger partial charge in [-0.25, -0.2) is 4.98 Å². The summed E-state index contributed by atoms with van der Waals surface area (Å²) in [6.45, 7) is 3.15. The van der Waals surface area contributed by atoms with Crippen LogP contribution in [0.5, 0.6) is 0 Å². The molecule has 0 bridgehead atoms. The Balaban J connectivity index is 1.71. The second kappa shape index (κ2) is 8.62. The molecule has 1 aromatic carbocycles. The van der Waals surface area contributed by atoms with Crippen LogP contribution in [0.3, 0.4) is 0 Å². The molecule has 160 valence electrons. The lowest BCUT2D eigenvalue weighted by atomic mass is 9.98. The molecule has 0 saturated carbocycles. The number of aliphatic hydroxyl groups is 1. The number of carbonyl (C=O) groups is 1. The fourth-order valence-electron chi connectivity index (χ4n) is 3.34. The maximum absolute atomic E-state index is 13.7. The maximum atomic E-state index is 13.7. The minimum Gasteiger partial charge on any atom is -0.374 e. The quantitative estimate of drug-likeness (QED) is 0.793. The first-order valence-electron chi connectivity index (χ1n) is 9.38. The highest BCUT2D eigenvalue weighted by Crippen LogP contribution is 2.43. The van der Waals surface area contributed by atoms with Gasteiger partial charge in [-0.05, 0) is 37.6 Å². The van der Waals surface area contributed by atoms with Gasteiger partial charge < -0.3 is 14.9 Å². The van der Waals surface area contributed by atoms with Crippen molar-refractivity contribution in [1.29, 1.82) is 5.26 Å². The van der Waals surface area contributed by atoms with Crippen LogP contribution in [-0.4, -0.2) is 53.3 Å². The third kappa shape index (κ3) is 4.57. The van der Waals surface area contributed by atoms with E-state index in [9.17, 15) is 23.1 Å². The molecule has 30 heavy (non-hydrogen) atoms.